The highest BCUT2D eigenvalue weighted by Gasteiger charge is 2.36. The Hall–Kier alpha value is -2.65. The number of ketones is 1. The number of benzene rings is 1. The number of nitrogens with one attached hydrogen (secondary N) is 1. The number of ether oxygens (including phenoxy) is 1. The molecule has 1 aromatic heterocycles. The van der Waals surface area contributed by atoms with Crippen molar-refractivity contribution in [2.24, 2.45) is 5.92 Å². The van der Waals surface area contributed by atoms with E-state index in [0.717, 1.165) is 32.6 Å². The van der Waals surface area contributed by atoms with Gasteiger partial charge in [0.2, 0.25) is 0 Å². The summed E-state index contributed by atoms with van der Waals surface area (Å²) in [6, 6.07) is 9.70. The van der Waals surface area contributed by atoms with Crippen LogP contribution >= 0.6 is 15.9 Å². The van der Waals surface area contributed by atoms with E-state index in [1.165, 1.54) is 0 Å². The summed E-state index contributed by atoms with van der Waals surface area (Å²) in [5.74, 6) is 1.12. The molecule has 0 radical (unpaired) electrons. The van der Waals surface area contributed by atoms with Crippen molar-refractivity contribution in [1.82, 2.24) is 4.98 Å². The molecule has 1 heterocycles. The van der Waals surface area contributed by atoms with Crippen LogP contribution in [0, 0.1) is 31.1 Å². The van der Waals surface area contributed by atoms with E-state index >= 15 is 0 Å². The van der Waals surface area contributed by atoms with Crippen LogP contribution in [0.3, 0.4) is 0 Å². The molecule has 1 unspecified atom stereocenters. The van der Waals surface area contributed by atoms with Crippen molar-refractivity contribution >= 4 is 33.1 Å². The number of Topliss-reactive ketones (excluding diaryl/α,β-unsaturated/α-hetero) is 1. The van der Waals surface area contributed by atoms with E-state index in [-0.39, 0.29) is 11.7 Å². The van der Waals surface area contributed by atoms with Crippen LogP contribution in [0.15, 0.2) is 34.5 Å². The SMILES string of the molecule is CNc1nc(CC2CC(OC)=C(c3c(C)cc(Br)cc3C)C2=O)ccc1C#N. The maximum atomic E-state index is 13.3. The number of pyridine rings is 1. The van der Waals surface area contributed by atoms with Gasteiger partial charge in [0, 0.05) is 36.0 Å². The lowest BCUT2D eigenvalue weighted by Gasteiger charge is -2.14. The second-order valence-corrected chi connectivity index (χ2v) is 7.86. The molecule has 0 spiro atoms. The van der Waals surface area contributed by atoms with Crippen LogP contribution in [0.2, 0.25) is 0 Å². The first kappa shape index (κ1) is 20.1. The van der Waals surface area contributed by atoms with Gasteiger partial charge in [-0.2, -0.15) is 5.26 Å². The van der Waals surface area contributed by atoms with Gasteiger partial charge in [0.15, 0.2) is 5.78 Å². The first-order valence-corrected chi connectivity index (χ1v) is 9.85. The molecular weight excluding hydrogens is 418 g/mol. The molecule has 0 saturated heterocycles. The van der Waals surface area contributed by atoms with Gasteiger partial charge in [0.1, 0.15) is 17.6 Å². The summed E-state index contributed by atoms with van der Waals surface area (Å²) in [4.78, 5) is 17.8. The molecule has 2 aromatic rings. The third-order valence-corrected chi connectivity index (χ3v) is 5.55. The Morgan fingerprint density at radius 2 is 2.00 bits per heavy atom. The first-order chi connectivity index (χ1) is 13.4. The normalized spacial score (nSPS) is 16.3. The number of carbonyl (C=O) groups is 1. The number of anilines is 1. The molecule has 6 heteroatoms. The fraction of sp³-hybridized carbons (Fsp3) is 0.318. The van der Waals surface area contributed by atoms with Gasteiger partial charge in [0.25, 0.3) is 0 Å². The zero-order valence-corrected chi connectivity index (χ0v) is 18.0. The molecule has 1 aliphatic carbocycles. The molecule has 28 heavy (non-hydrogen) atoms. The standard InChI is InChI=1S/C22H22BrN3O2/c1-12-7-16(23)8-13(2)19(12)20-18(28-4)10-15(21(20)27)9-17-6-5-14(11-24)22(25-3)26-17/h5-8,15H,9-10H2,1-4H3,(H,25,26). The maximum absolute atomic E-state index is 13.3. The van der Waals surface area contributed by atoms with Gasteiger partial charge in [0.05, 0.1) is 18.2 Å². The summed E-state index contributed by atoms with van der Waals surface area (Å²) in [6.45, 7) is 4.02. The summed E-state index contributed by atoms with van der Waals surface area (Å²) in [5, 5.41) is 12.1. The molecule has 144 valence electrons. The molecule has 0 bridgehead atoms. The third kappa shape index (κ3) is 3.67. The smallest absolute Gasteiger partial charge is 0.170 e. The predicted molar refractivity (Wildman–Crippen MR) is 113 cm³/mol. The van der Waals surface area contributed by atoms with Crippen molar-refractivity contribution in [2.75, 3.05) is 19.5 Å². The summed E-state index contributed by atoms with van der Waals surface area (Å²) in [6.07, 6.45) is 1.06. The molecule has 0 amide bonds. The highest BCUT2D eigenvalue weighted by molar-refractivity contribution is 9.10. The van der Waals surface area contributed by atoms with Crippen LogP contribution in [-0.4, -0.2) is 24.9 Å². The Balaban J connectivity index is 1.93. The van der Waals surface area contributed by atoms with Gasteiger partial charge in [-0.05, 0) is 54.8 Å². The molecule has 0 fully saturated rings. The van der Waals surface area contributed by atoms with Crippen molar-refractivity contribution < 1.29 is 9.53 Å². The Labute approximate surface area is 173 Å². The highest BCUT2D eigenvalue weighted by atomic mass is 79.9. The topological polar surface area (TPSA) is 75.0 Å². The Kier molecular flexibility index (Phi) is 5.85. The number of hydrogen-bond donors (Lipinski definition) is 1. The fourth-order valence-corrected chi connectivity index (χ4v) is 4.51. The minimum atomic E-state index is -0.225. The minimum absolute atomic E-state index is 0.0857. The second kappa shape index (κ2) is 8.15. The third-order valence-electron chi connectivity index (χ3n) is 5.09. The van der Waals surface area contributed by atoms with Crippen molar-refractivity contribution in [1.29, 1.82) is 5.26 Å². The number of rotatable bonds is 5. The fourth-order valence-electron chi connectivity index (χ4n) is 3.82. The predicted octanol–water partition coefficient (Wildman–Crippen LogP) is 4.56. The van der Waals surface area contributed by atoms with Crippen LogP contribution in [0.5, 0.6) is 0 Å². The van der Waals surface area contributed by atoms with E-state index in [1.807, 2.05) is 32.0 Å². The van der Waals surface area contributed by atoms with Crippen LogP contribution in [0.4, 0.5) is 5.82 Å². The number of nitrogens with zero attached hydrogens (tertiary/aromatic N) is 2. The molecule has 3 rings (SSSR count). The summed E-state index contributed by atoms with van der Waals surface area (Å²) in [7, 11) is 3.35. The molecule has 1 aromatic carbocycles. The average molecular weight is 440 g/mol. The first-order valence-electron chi connectivity index (χ1n) is 9.05. The molecule has 1 N–H and O–H groups in total. The van der Waals surface area contributed by atoms with E-state index in [9.17, 15) is 4.79 Å². The molecule has 1 aliphatic rings. The molecule has 1 atom stereocenters. The van der Waals surface area contributed by atoms with Crippen LogP contribution in [0.25, 0.3) is 5.57 Å². The number of aromatic nitrogens is 1. The van der Waals surface area contributed by atoms with E-state index in [2.05, 4.69) is 32.3 Å². The van der Waals surface area contributed by atoms with Crippen molar-refractivity contribution in [3.05, 3.63) is 62.4 Å². The van der Waals surface area contributed by atoms with E-state index in [0.29, 0.717) is 29.8 Å². The lowest BCUT2D eigenvalue weighted by molar-refractivity contribution is -0.116. The minimum Gasteiger partial charge on any atom is -0.500 e. The second-order valence-electron chi connectivity index (χ2n) is 6.95. The zero-order chi connectivity index (χ0) is 20.4. The monoisotopic (exact) mass is 439 g/mol. The van der Waals surface area contributed by atoms with E-state index < -0.39 is 0 Å². The Morgan fingerprint density at radius 3 is 2.57 bits per heavy atom. The lowest BCUT2D eigenvalue weighted by Crippen LogP contribution is -2.15. The number of halogens is 1. The maximum Gasteiger partial charge on any atom is 0.170 e. The zero-order valence-electron chi connectivity index (χ0n) is 16.4. The molecular formula is C22H22BrN3O2. The quantitative estimate of drug-likeness (QED) is 0.738. The summed E-state index contributed by atoms with van der Waals surface area (Å²) in [5.41, 5.74) is 4.98. The largest absolute Gasteiger partial charge is 0.500 e. The lowest BCUT2D eigenvalue weighted by atomic mass is 9.91. The summed E-state index contributed by atoms with van der Waals surface area (Å²) < 4.78 is 6.60. The van der Waals surface area contributed by atoms with E-state index in [1.54, 1.807) is 20.2 Å². The molecule has 0 aliphatic heterocycles. The Bertz CT molecular complexity index is 998. The van der Waals surface area contributed by atoms with Gasteiger partial charge in [-0.3, -0.25) is 4.79 Å². The molecule has 5 nitrogen and oxygen atoms in total. The van der Waals surface area contributed by atoms with Crippen LogP contribution in [-0.2, 0) is 16.0 Å². The van der Waals surface area contributed by atoms with Crippen molar-refractivity contribution in [2.45, 2.75) is 26.7 Å². The average Bonchev–Trinajstić information content (AvgIpc) is 2.96. The highest BCUT2D eigenvalue weighted by Crippen LogP contribution is 2.40. The number of methoxy groups -OCH3 is 1. The van der Waals surface area contributed by atoms with Gasteiger partial charge in [-0.15, -0.1) is 0 Å². The van der Waals surface area contributed by atoms with Crippen LogP contribution < -0.4 is 5.32 Å². The summed E-state index contributed by atoms with van der Waals surface area (Å²) >= 11 is 3.52. The number of hydrogen-bond acceptors (Lipinski definition) is 5. The number of allylic oxidation sites excluding steroid dienone is 2. The molecule has 0 saturated carbocycles. The van der Waals surface area contributed by atoms with Gasteiger partial charge < -0.3 is 10.1 Å². The van der Waals surface area contributed by atoms with Gasteiger partial charge in [-0.25, -0.2) is 4.98 Å². The van der Waals surface area contributed by atoms with Crippen molar-refractivity contribution in [3.63, 3.8) is 0 Å². The Morgan fingerprint density at radius 1 is 1.32 bits per heavy atom. The van der Waals surface area contributed by atoms with E-state index in [4.69, 9.17) is 10.00 Å². The number of nitriles is 1. The van der Waals surface area contributed by atoms with Gasteiger partial charge in [-0.1, -0.05) is 15.9 Å². The number of carbonyl (C=O) groups excluding carboxylic acids is 1. The van der Waals surface area contributed by atoms with Crippen molar-refractivity contribution in [3.8, 4) is 6.07 Å². The number of aryl methyl sites for hydroxylation is 2. The van der Waals surface area contributed by atoms with Crippen LogP contribution in [0.1, 0.15) is 34.4 Å². The van der Waals surface area contributed by atoms with Gasteiger partial charge >= 0.3 is 0 Å².